The first kappa shape index (κ1) is 18.6. The maximum atomic E-state index is 12.3. The smallest absolute Gasteiger partial charge is 0.192 e. The van der Waals surface area contributed by atoms with E-state index in [1.807, 2.05) is 54.6 Å². The summed E-state index contributed by atoms with van der Waals surface area (Å²) in [5, 5.41) is 0.207. The molecule has 0 atom stereocenters. The summed E-state index contributed by atoms with van der Waals surface area (Å²) in [6, 6.07) is 17.7. The average molecular weight is 341 g/mol. The molecule has 0 aliphatic carbocycles. The SMILES string of the molecule is CC(C)(C)[Si](C)(C)OCc1ccc(C(=O)Cc2ccccc2)cc1. The number of hydrogen-bond acceptors (Lipinski definition) is 2. The standard InChI is InChI=1S/C21H28O2Si/c1-21(2,3)24(4,5)23-16-18-11-13-19(14-12-18)20(22)15-17-9-7-6-8-10-17/h6-14H,15-16H2,1-5H3. The minimum absolute atomic E-state index is 0.151. The Hall–Kier alpha value is -1.71. The highest BCUT2D eigenvalue weighted by molar-refractivity contribution is 6.74. The lowest BCUT2D eigenvalue weighted by Crippen LogP contribution is -2.40. The summed E-state index contributed by atoms with van der Waals surface area (Å²) in [7, 11) is -1.74. The van der Waals surface area contributed by atoms with Crippen LogP contribution in [0.3, 0.4) is 0 Å². The van der Waals surface area contributed by atoms with Gasteiger partial charge in [0.2, 0.25) is 0 Å². The third kappa shape index (κ3) is 4.89. The summed E-state index contributed by atoms with van der Waals surface area (Å²) in [5.74, 6) is 0.151. The van der Waals surface area contributed by atoms with Crippen molar-refractivity contribution in [2.75, 3.05) is 0 Å². The second-order valence-electron chi connectivity index (χ2n) is 7.83. The van der Waals surface area contributed by atoms with Gasteiger partial charge in [-0.2, -0.15) is 0 Å². The molecule has 0 N–H and O–H groups in total. The fourth-order valence-electron chi connectivity index (χ4n) is 2.15. The summed E-state index contributed by atoms with van der Waals surface area (Å²) in [6.45, 7) is 11.8. The van der Waals surface area contributed by atoms with Crippen molar-refractivity contribution in [1.29, 1.82) is 0 Å². The van der Waals surface area contributed by atoms with Crippen LogP contribution in [0.2, 0.25) is 18.1 Å². The molecule has 2 aromatic carbocycles. The van der Waals surface area contributed by atoms with Crippen molar-refractivity contribution in [3.63, 3.8) is 0 Å². The first-order valence-electron chi connectivity index (χ1n) is 8.49. The van der Waals surface area contributed by atoms with E-state index in [4.69, 9.17) is 4.43 Å². The average Bonchev–Trinajstić information content (AvgIpc) is 2.53. The first-order chi connectivity index (χ1) is 11.2. The van der Waals surface area contributed by atoms with Crippen molar-refractivity contribution in [2.45, 2.75) is 51.9 Å². The topological polar surface area (TPSA) is 26.3 Å². The van der Waals surface area contributed by atoms with E-state index in [0.29, 0.717) is 13.0 Å². The Morgan fingerprint density at radius 3 is 2.04 bits per heavy atom. The number of Topliss-reactive ketones (excluding diaryl/α,β-unsaturated/α-hetero) is 1. The third-order valence-electron chi connectivity index (χ3n) is 4.89. The number of rotatable bonds is 6. The van der Waals surface area contributed by atoms with Gasteiger partial charge in [0.15, 0.2) is 14.1 Å². The van der Waals surface area contributed by atoms with Gasteiger partial charge in [0.25, 0.3) is 0 Å². The molecular weight excluding hydrogens is 312 g/mol. The molecule has 2 rings (SSSR count). The monoisotopic (exact) mass is 340 g/mol. The van der Waals surface area contributed by atoms with Crippen LogP contribution in [0.25, 0.3) is 0 Å². The molecule has 0 aliphatic heterocycles. The summed E-state index contributed by atoms with van der Waals surface area (Å²) in [4.78, 5) is 12.3. The van der Waals surface area contributed by atoms with Crippen molar-refractivity contribution in [3.8, 4) is 0 Å². The highest BCUT2D eigenvalue weighted by atomic mass is 28.4. The van der Waals surface area contributed by atoms with Crippen LogP contribution in [0.15, 0.2) is 54.6 Å². The molecule has 0 fully saturated rings. The molecule has 0 radical (unpaired) electrons. The zero-order valence-corrected chi connectivity index (χ0v) is 16.4. The lowest BCUT2D eigenvalue weighted by Gasteiger charge is -2.36. The molecule has 0 bridgehead atoms. The van der Waals surface area contributed by atoms with Gasteiger partial charge in [-0.1, -0.05) is 75.4 Å². The summed E-state index contributed by atoms with van der Waals surface area (Å²) < 4.78 is 6.23. The first-order valence-corrected chi connectivity index (χ1v) is 11.4. The van der Waals surface area contributed by atoms with Gasteiger partial charge in [-0.05, 0) is 29.3 Å². The minimum atomic E-state index is -1.74. The van der Waals surface area contributed by atoms with Crippen LogP contribution in [0.1, 0.15) is 42.3 Å². The summed E-state index contributed by atoms with van der Waals surface area (Å²) in [5.41, 5.74) is 2.93. The van der Waals surface area contributed by atoms with Gasteiger partial charge >= 0.3 is 0 Å². The zero-order chi connectivity index (χ0) is 17.8. The van der Waals surface area contributed by atoms with Crippen molar-refractivity contribution in [2.24, 2.45) is 0 Å². The van der Waals surface area contributed by atoms with Gasteiger partial charge in [0.1, 0.15) is 0 Å². The molecule has 0 heterocycles. The van der Waals surface area contributed by atoms with E-state index >= 15 is 0 Å². The Morgan fingerprint density at radius 1 is 0.917 bits per heavy atom. The largest absolute Gasteiger partial charge is 0.413 e. The highest BCUT2D eigenvalue weighted by Gasteiger charge is 2.36. The van der Waals surface area contributed by atoms with Gasteiger partial charge in [0.05, 0.1) is 6.61 Å². The van der Waals surface area contributed by atoms with Crippen LogP contribution >= 0.6 is 0 Å². The number of benzene rings is 2. The maximum absolute atomic E-state index is 12.3. The quantitative estimate of drug-likeness (QED) is 0.503. The number of ketones is 1. The van der Waals surface area contributed by atoms with Crippen LogP contribution < -0.4 is 0 Å². The molecule has 0 unspecified atom stereocenters. The van der Waals surface area contributed by atoms with Gasteiger partial charge < -0.3 is 4.43 Å². The molecule has 0 aliphatic rings. The van der Waals surface area contributed by atoms with Crippen LogP contribution in [0.5, 0.6) is 0 Å². The van der Waals surface area contributed by atoms with E-state index in [-0.39, 0.29) is 10.8 Å². The van der Waals surface area contributed by atoms with E-state index in [9.17, 15) is 4.79 Å². The molecule has 0 spiro atoms. The lowest BCUT2D eigenvalue weighted by molar-refractivity contribution is 0.0993. The Morgan fingerprint density at radius 2 is 1.50 bits per heavy atom. The van der Waals surface area contributed by atoms with Crippen molar-refractivity contribution in [1.82, 2.24) is 0 Å². The Kier molecular flexibility index (Phi) is 5.78. The summed E-state index contributed by atoms with van der Waals surface area (Å²) >= 11 is 0. The number of carbonyl (C=O) groups excluding carboxylic acids is 1. The van der Waals surface area contributed by atoms with Crippen LogP contribution in [-0.4, -0.2) is 14.1 Å². The second-order valence-corrected chi connectivity index (χ2v) is 12.6. The van der Waals surface area contributed by atoms with Gasteiger partial charge in [0, 0.05) is 12.0 Å². The number of carbonyl (C=O) groups is 1. The Bertz CT molecular complexity index is 667. The maximum Gasteiger partial charge on any atom is 0.192 e. The molecule has 0 saturated carbocycles. The van der Waals surface area contributed by atoms with Gasteiger partial charge in [-0.15, -0.1) is 0 Å². The fraction of sp³-hybridized carbons (Fsp3) is 0.381. The molecule has 128 valence electrons. The predicted molar refractivity (Wildman–Crippen MR) is 103 cm³/mol. The van der Waals surface area contributed by atoms with E-state index in [1.165, 1.54) is 0 Å². The normalized spacial score (nSPS) is 12.2. The number of hydrogen-bond donors (Lipinski definition) is 0. The van der Waals surface area contributed by atoms with Crippen molar-refractivity contribution in [3.05, 3.63) is 71.3 Å². The molecule has 0 saturated heterocycles. The third-order valence-corrected chi connectivity index (χ3v) is 9.37. The molecule has 3 heteroatoms. The predicted octanol–water partition coefficient (Wildman–Crippen LogP) is 5.63. The van der Waals surface area contributed by atoms with Crippen molar-refractivity contribution >= 4 is 14.1 Å². The molecule has 0 amide bonds. The fourth-order valence-corrected chi connectivity index (χ4v) is 3.11. The van der Waals surface area contributed by atoms with Gasteiger partial charge in [-0.25, -0.2) is 0 Å². The van der Waals surface area contributed by atoms with Crippen LogP contribution in [0, 0.1) is 0 Å². The molecular formula is C21H28O2Si. The second kappa shape index (κ2) is 7.45. The van der Waals surface area contributed by atoms with Crippen molar-refractivity contribution < 1.29 is 9.22 Å². The highest BCUT2D eigenvalue weighted by Crippen LogP contribution is 2.37. The van der Waals surface area contributed by atoms with Gasteiger partial charge in [-0.3, -0.25) is 4.79 Å². The lowest BCUT2D eigenvalue weighted by atomic mass is 10.0. The van der Waals surface area contributed by atoms with Crippen LogP contribution in [-0.2, 0) is 17.5 Å². The van der Waals surface area contributed by atoms with E-state index in [1.54, 1.807) is 0 Å². The molecule has 0 aromatic heterocycles. The molecule has 2 aromatic rings. The van der Waals surface area contributed by atoms with E-state index < -0.39 is 8.32 Å². The molecule has 24 heavy (non-hydrogen) atoms. The van der Waals surface area contributed by atoms with E-state index in [2.05, 4.69) is 33.9 Å². The Labute approximate surface area is 147 Å². The van der Waals surface area contributed by atoms with E-state index in [0.717, 1.165) is 16.7 Å². The van der Waals surface area contributed by atoms with Crippen LogP contribution in [0.4, 0.5) is 0 Å². The minimum Gasteiger partial charge on any atom is -0.413 e. The summed E-state index contributed by atoms with van der Waals surface area (Å²) in [6.07, 6.45) is 0.445. The zero-order valence-electron chi connectivity index (χ0n) is 15.4. The molecule has 2 nitrogen and oxygen atoms in total. The Balaban J connectivity index is 1.97.